The normalized spacial score (nSPS) is 21.7. The van der Waals surface area contributed by atoms with Gasteiger partial charge in [-0.3, -0.25) is 9.59 Å². The van der Waals surface area contributed by atoms with Gasteiger partial charge in [-0.2, -0.15) is 5.10 Å². The van der Waals surface area contributed by atoms with Crippen molar-refractivity contribution >= 4 is 17.6 Å². The minimum Gasteiger partial charge on any atom is -0.497 e. The summed E-state index contributed by atoms with van der Waals surface area (Å²) in [6, 6.07) is 9.70. The molecule has 2 fully saturated rings. The predicted molar refractivity (Wildman–Crippen MR) is 123 cm³/mol. The molecule has 32 heavy (non-hydrogen) atoms. The fraction of sp³-hybridized carbons (Fsp3) is 0.560. The highest BCUT2D eigenvalue weighted by Crippen LogP contribution is 2.39. The lowest BCUT2D eigenvalue weighted by Gasteiger charge is -2.41. The number of carbonyl (C=O) groups excluding carboxylic acids is 2. The van der Waals surface area contributed by atoms with Gasteiger partial charge < -0.3 is 15.0 Å². The fourth-order valence-electron chi connectivity index (χ4n) is 5.10. The van der Waals surface area contributed by atoms with E-state index in [0.29, 0.717) is 25.4 Å². The molecule has 7 nitrogen and oxygen atoms in total. The van der Waals surface area contributed by atoms with Crippen LogP contribution in [-0.2, 0) is 9.59 Å². The zero-order valence-corrected chi connectivity index (χ0v) is 19.1. The van der Waals surface area contributed by atoms with Crippen molar-refractivity contribution in [2.24, 2.45) is 5.92 Å². The Bertz CT molecular complexity index is 918. The van der Waals surface area contributed by atoms with E-state index in [0.717, 1.165) is 42.8 Å². The summed E-state index contributed by atoms with van der Waals surface area (Å²) in [5, 5.41) is 7.63. The fourth-order valence-corrected chi connectivity index (χ4v) is 5.10. The van der Waals surface area contributed by atoms with Gasteiger partial charge in [0.05, 0.1) is 31.3 Å². The number of piperidine rings is 1. The van der Waals surface area contributed by atoms with E-state index in [9.17, 15) is 9.59 Å². The van der Waals surface area contributed by atoms with E-state index in [2.05, 4.69) is 17.3 Å². The first-order valence-electron chi connectivity index (χ1n) is 11.9. The van der Waals surface area contributed by atoms with Crippen molar-refractivity contribution in [3.63, 3.8) is 0 Å². The molecule has 0 spiro atoms. The van der Waals surface area contributed by atoms with Gasteiger partial charge in [0.1, 0.15) is 11.6 Å². The second-order valence-corrected chi connectivity index (χ2v) is 8.89. The molecule has 7 heteroatoms. The van der Waals surface area contributed by atoms with Crippen LogP contribution in [-0.4, -0.2) is 40.1 Å². The molecule has 1 saturated heterocycles. The molecule has 172 valence electrons. The average molecular weight is 439 g/mol. The van der Waals surface area contributed by atoms with Gasteiger partial charge in [-0.15, -0.1) is 0 Å². The lowest BCUT2D eigenvalue weighted by Crippen LogP contribution is -2.47. The zero-order chi connectivity index (χ0) is 22.5. The summed E-state index contributed by atoms with van der Waals surface area (Å²) < 4.78 is 7.27. The maximum Gasteiger partial charge on any atom is 0.231 e. The van der Waals surface area contributed by atoms with Crippen molar-refractivity contribution in [1.82, 2.24) is 14.7 Å². The molecule has 1 aliphatic carbocycles. The Morgan fingerprint density at radius 3 is 2.59 bits per heavy atom. The standard InChI is InChI=1S/C25H34N4O3/c1-3-4-17-28-23(30)14-13-21(24(28)18-9-11-20(32-2)12-10-18)25(31)27-22-15-16-26-29(22)19-7-5-6-8-19/h9-12,15-16,19,21,24H,3-8,13-14,17H2,1-2H3,(H,27,31)/t21-,24+/m0/s1. The number of nitrogens with zero attached hydrogens (tertiary/aromatic N) is 3. The highest BCUT2D eigenvalue weighted by atomic mass is 16.5. The van der Waals surface area contributed by atoms with Gasteiger partial charge in [0.2, 0.25) is 11.8 Å². The van der Waals surface area contributed by atoms with Gasteiger partial charge in [0, 0.05) is 19.0 Å². The quantitative estimate of drug-likeness (QED) is 0.647. The molecule has 1 saturated carbocycles. The molecule has 1 aliphatic heterocycles. The van der Waals surface area contributed by atoms with Gasteiger partial charge in [-0.1, -0.05) is 38.3 Å². The van der Waals surface area contributed by atoms with Crippen molar-refractivity contribution in [3.05, 3.63) is 42.1 Å². The molecule has 1 aromatic heterocycles. The Morgan fingerprint density at radius 1 is 1.16 bits per heavy atom. The number of hydrogen-bond donors (Lipinski definition) is 1. The van der Waals surface area contributed by atoms with E-state index in [-0.39, 0.29) is 23.8 Å². The smallest absolute Gasteiger partial charge is 0.231 e. The molecule has 2 heterocycles. The van der Waals surface area contributed by atoms with E-state index >= 15 is 0 Å². The van der Waals surface area contributed by atoms with E-state index in [4.69, 9.17) is 4.74 Å². The van der Waals surface area contributed by atoms with Crippen LogP contribution in [0, 0.1) is 5.92 Å². The number of ether oxygens (including phenoxy) is 1. The van der Waals surface area contributed by atoms with Crippen LogP contribution < -0.4 is 10.1 Å². The Hall–Kier alpha value is -2.83. The number of benzene rings is 1. The topological polar surface area (TPSA) is 76.5 Å². The lowest BCUT2D eigenvalue weighted by atomic mass is 9.83. The average Bonchev–Trinajstić information content (AvgIpc) is 3.50. The molecule has 2 aromatic rings. The highest BCUT2D eigenvalue weighted by Gasteiger charge is 2.40. The third-order valence-electron chi connectivity index (χ3n) is 6.85. The van der Waals surface area contributed by atoms with Crippen molar-refractivity contribution in [1.29, 1.82) is 0 Å². The lowest BCUT2D eigenvalue weighted by molar-refractivity contribution is -0.142. The van der Waals surface area contributed by atoms with Gasteiger partial charge in [-0.25, -0.2) is 4.68 Å². The van der Waals surface area contributed by atoms with E-state index < -0.39 is 0 Å². The molecule has 0 unspecified atom stereocenters. The molecular formula is C25H34N4O3. The summed E-state index contributed by atoms with van der Waals surface area (Å²) >= 11 is 0. The summed E-state index contributed by atoms with van der Waals surface area (Å²) in [6.45, 7) is 2.78. The monoisotopic (exact) mass is 438 g/mol. The van der Waals surface area contributed by atoms with Crippen LogP contribution in [0.1, 0.15) is 75.9 Å². The molecule has 1 N–H and O–H groups in total. The van der Waals surface area contributed by atoms with E-state index in [1.165, 1.54) is 12.8 Å². The van der Waals surface area contributed by atoms with Crippen molar-refractivity contribution in [3.8, 4) is 5.75 Å². The SMILES string of the molecule is CCCCN1C(=O)CC[C@H](C(=O)Nc2ccnn2C2CCCC2)[C@H]1c1ccc(OC)cc1. The molecular weight excluding hydrogens is 404 g/mol. The number of hydrogen-bond acceptors (Lipinski definition) is 4. The van der Waals surface area contributed by atoms with Gasteiger partial charge in [0.15, 0.2) is 0 Å². The molecule has 2 amide bonds. The number of anilines is 1. The number of amides is 2. The summed E-state index contributed by atoms with van der Waals surface area (Å²) in [5.74, 6) is 1.29. The van der Waals surface area contributed by atoms with Crippen LogP contribution in [0.2, 0.25) is 0 Å². The minimum atomic E-state index is -0.315. The molecule has 0 radical (unpaired) electrons. The number of carbonyl (C=O) groups is 2. The Morgan fingerprint density at radius 2 is 1.91 bits per heavy atom. The molecule has 2 atom stereocenters. The molecule has 2 aliphatic rings. The molecule has 0 bridgehead atoms. The Balaban J connectivity index is 1.60. The second-order valence-electron chi connectivity index (χ2n) is 8.89. The maximum absolute atomic E-state index is 13.6. The first-order chi connectivity index (χ1) is 15.6. The van der Waals surface area contributed by atoms with Crippen LogP contribution in [0.3, 0.4) is 0 Å². The van der Waals surface area contributed by atoms with Crippen LogP contribution in [0.25, 0.3) is 0 Å². The van der Waals surface area contributed by atoms with E-state index in [1.54, 1.807) is 13.3 Å². The van der Waals surface area contributed by atoms with Gasteiger partial charge in [0.25, 0.3) is 0 Å². The van der Waals surface area contributed by atoms with Crippen molar-refractivity contribution < 1.29 is 14.3 Å². The predicted octanol–water partition coefficient (Wildman–Crippen LogP) is 4.73. The summed E-state index contributed by atoms with van der Waals surface area (Å²) in [4.78, 5) is 28.3. The largest absolute Gasteiger partial charge is 0.497 e. The zero-order valence-electron chi connectivity index (χ0n) is 19.1. The molecule has 4 rings (SSSR count). The number of aromatic nitrogens is 2. The van der Waals surface area contributed by atoms with E-state index in [1.807, 2.05) is 39.9 Å². The minimum absolute atomic E-state index is 0.0421. The summed E-state index contributed by atoms with van der Waals surface area (Å²) in [5.41, 5.74) is 0.972. The number of likely N-dealkylation sites (tertiary alicyclic amines) is 1. The molecule has 1 aromatic carbocycles. The van der Waals surface area contributed by atoms with Crippen LogP contribution in [0.4, 0.5) is 5.82 Å². The summed E-state index contributed by atoms with van der Waals surface area (Å²) in [6.07, 6.45) is 9.22. The number of rotatable bonds is 8. The van der Waals surface area contributed by atoms with Crippen molar-refractivity contribution in [2.75, 3.05) is 19.0 Å². The summed E-state index contributed by atoms with van der Waals surface area (Å²) in [7, 11) is 1.64. The third-order valence-corrected chi connectivity index (χ3v) is 6.85. The first-order valence-corrected chi connectivity index (χ1v) is 11.9. The number of unbranched alkanes of at least 4 members (excludes halogenated alkanes) is 1. The van der Waals surface area contributed by atoms with Crippen LogP contribution in [0.15, 0.2) is 36.5 Å². The maximum atomic E-state index is 13.6. The number of methoxy groups -OCH3 is 1. The highest BCUT2D eigenvalue weighted by molar-refractivity contribution is 5.94. The van der Waals surface area contributed by atoms with Gasteiger partial charge in [-0.05, 0) is 43.4 Å². The van der Waals surface area contributed by atoms with Crippen LogP contribution in [0.5, 0.6) is 5.75 Å². The van der Waals surface area contributed by atoms with Gasteiger partial charge >= 0.3 is 0 Å². The number of nitrogens with one attached hydrogen (secondary N) is 1. The Labute approximate surface area is 190 Å². The second kappa shape index (κ2) is 10.2. The van der Waals surface area contributed by atoms with Crippen LogP contribution >= 0.6 is 0 Å². The first kappa shape index (κ1) is 22.4. The van der Waals surface area contributed by atoms with Crippen molar-refractivity contribution in [2.45, 2.75) is 70.4 Å². The Kier molecular flexibility index (Phi) is 7.12. The third kappa shape index (κ3) is 4.66.